The highest BCUT2D eigenvalue weighted by molar-refractivity contribution is 7.91. The van der Waals surface area contributed by atoms with Crippen LogP contribution in [0.1, 0.15) is 24.8 Å². The summed E-state index contributed by atoms with van der Waals surface area (Å²) >= 11 is 1.31. The molecule has 3 rings (SSSR count). The Morgan fingerprint density at radius 3 is 2.90 bits per heavy atom. The molecule has 0 amide bonds. The first-order valence-electron chi connectivity index (χ1n) is 6.94. The van der Waals surface area contributed by atoms with E-state index in [4.69, 9.17) is 4.74 Å². The highest BCUT2D eigenvalue weighted by Gasteiger charge is 2.31. The molecule has 2 fully saturated rings. The molecule has 1 saturated carbocycles. The summed E-state index contributed by atoms with van der Waals surface area (Å²) in [6.07, 6.45) is 3.25. The fraction of sp³-hybridized carbons (Fsp3) is 0.692. The Balaban J connectivity index is 1.69. The highest BCUT2D eigenvalue weighted by Crippen LogP contribution is 2.27. The van der Waals surface area contributed by atoms with Gasteiger partial charge >= 0.3 is 0 Å². The van der Waals surface area contributed by atoms with Crippen molar-refractivity contribution in [1.82, 2.24) is 9.62 Å². The smallest absolute Gasteiger partial charge is 0.252 e. The molecule has 2 aliphatic rings. The van der Waals surface area contributed by atoms with Gasteiger partial charge in [0.2, 0.25) is 0 Å². The molecular weight excluding hydrogens is 296 g/mol. The minimum Gasteiger partial charge on any atom is -0.380 e. The average molecular weight is 316 g/mol. The maximum absolute atomic E-state index is 12.5. The second-order valence-corrected chi connectivity index (χ2v) is 8.60. The fourth-order valence-corrected chi connectivity index (χ4v) is 5.04. The van der Waals surface area contributed by atoms with E-state index >= 15 is 0 Å². The van der Waals surface area contributed by atoms with Crippen molar-refractivity contribution < 1.29 is 13.2 Å². The zero-order valence-corrected chi connectivity index (χ0v) is 13.2. The van der Waals surface area contributed by atoms with Crippen molar-refractivity contribution in [3.8, 4) is 0 Å². The summed E-state index contributed by atoms with van der Waals surface area (Å²) in [5, 5.41) is 5.33. The molecule has 0 bridgehead atoms. The third kappa shape index (κ3) is 3.07. The molecule has 5 nitrogen and oxygen atoms in total. The van der Waals surface area contributed by atoms with Gasteiger partial charge in [-0.05, 0) is 36.3 Å². The Hall–Kier alpha value is -0.470. The Morgan fingerprint density at radius 2 is 2.25 bits per heavy atom. The van der Waals surface area contributed by atoms with Crippen molar-refractivity contribution in [1.29, 1.82) is 0 Å². The number of likely N-dealkylation sites (N-methyl/N-ethyl adjacent to an activating group) is 1. The third-order valence-corrected chi connectivity index (χ3v) is 7.23. The summed E-state index contributed by atoms with van der Waals surface area (Å²) in [5.41, 5.74) is 1.05. The SMILES string of the molecule is CN(C1CCOC1)S(=O)(=O)c1cc(CNC2CC2)cs1. The van der Waals surface area contributed by atoms with Crippen molar-refractivity contribution in [2.75, 3.05) is 20.3 Å². The van der Waals surface area contributed by atoms with Crippen LogP contribution in [0.2, 0.25) is 0 Å². The summed E-state index contributed by atoms with van der Waals surface area (Å²) in [6.45, 7) is 1.90. The molecule has 1 atom stereocenters. The van der Waals surface area contributed by atoms with Gasteiger partial charge < -0.3 is 10.1 Å². The number of hydrogen-bond acceptors (Lipinski definition) is 5. The number of nitrogens with one attached hydrogen (secondary N) is 1. The van der Waals surface area contributed by atoms with Crippen LogP contribution in [0.4, 0.5) is 0 Å². The van der Waals surface area contributed by atoms with Crippen molar-refractivity contribution >= 4 is 21.4 Å². The molecule has 0 aromatic carbocycles. The van der Waals surface area contributed by atoms with Crippen molar-refractivity contribution in [2.24, 2.45) is 0 Å². The number of nitrogens with zero attached hydrogens (tertiary/aromatic N) is 1. The molecule has 1 unspecified atom stereocenters. The first-order valence-corrected chi connectivity index (χ1v) is 9.26. The predicted octanol–water partition coefficient (Wildman–Crippen LogP) is 1.41. The maximum Gasteiger partial charge on any atom is 0.252 e. The maximum atomic E-state index is 12.5. The van der Waals surface area contributed by atoms with Gasteiger partial charge in [-0.2, -0.15) is 4.31 Å². The van der Waals surface area contributed by atoms with Crippen LogP contribution in [0.5, 0.6) is 0 Å². The van der Waals surface area contributed by atoms with Crippen molar-refractivity contribution in [3.05, 3.63) is 17.0 Å². The van der Waals surface area contributed by atoms with E-state index in [9.17, 15) is 8.42 Å². The van der Waals surface area contributed by atoms with Crippen LogP contribution in [-0.4, -0.2) is 45.1 Å². The number of rotatable bonds is 6. The first-order chi connectivity index (χ1) is 9.57. The molecule has 7 heteroatoms. The Kier molecular flexibility index (Phi) is 4.14. The average Bonchev–Trinajstić information content (AvgIpc) is 2.95. The first kappa shape index (κ1) is 14.5. The summed E-state index contributed by atoms with van der Waals surface area (Å²) in [5.74, 6) is 0. The molecule has 0 radical (unpaired) electrons. The molecule has 0 spiro atoms. The van der Waals surface area contributed by atoms with Gasteiger partial charge in [-0.1, -0.05) is 0 Å². The van der Waals surface area contributed by atoms with E-state index in [0.29, 0.717) is 23.5 Å². The van der Waals surface area contributed by atoms with Crippen LogP contribution in [0.3, 0.4) is 0 Å². The largest absolute Gasteiger partial charge is 0.380 e. The number of ether oxygens (including phenoxy) is 1. The molecule has 20 heavy (non-hydrogen) atoms. The van der Waals surface area contributed by atoms with E-state index in [1.165, 1.54) is 28.5 Å². The minimum atomic E-state index is -3.38. The van der Waals surface area contributed by atoms with Gasteiger partial charge in [0, 0.05) is 26.2 Å². The summed E-state index contributed by atoms with van der Waals surface area (Å²) in [6, 6.07) is 2.39. The molecule has 1 aliphatic carbocycles. The van der Waals surface area contributed by atoms with Gasteiger partial charge in [-0.15, -0.1) is 11.3 Å². The summed E-state index contributed by atoms with van der Waals surface area (Å²) < 4.78 is 32.3. The monoisotopic (exact) mass is 316 g/mol. The lowest BCUT2D eigenvalue weighted by molar-refractivity contribution is 0.181. The molecule has 1 N–H and O–H groups in total. The van der Waals surface area contributed by atoms with Gasteiger partial charge in [0.25, 0.3) is 10.0 Å². The Bertz CT molecular complexity index is 560. The van der Waals surface area contributed by atoms with Crippen LogP contribution >= 0.6 is 11.3 Å². The number of sulfonamides is 1. The second-order valence-electron chi connectivity index (χ2n) is 5.47. The van der Waals surface area contributed by atoms with E-state index in [2.05, 4.69) is 5.32 Å². The molecule has 1 aromatic heterocycles. The molecule has 1 aromatic rings. The van der Waals surface area contributed by atoms with E-state index in [0.717, 1.165) is 18.5 Å². The standard InChI is InChI=1S/C13H20N2O3S2/c1-15(12-4-5-18-8-12)20(16,17)13-6-10(9-19-13)7-14-11-2-3-11/h6,9,11-12,14H,2-5,7-8H2,1H3. The normalized spacial score (nSPS) is 23.6. The lowest BCUT2D eigenvalue weighted by atomic mass is 10.3. The van der Waals surface area contributed by atoms with Gasteiger partial charge in [-0.25, -0.2) is 8.42 Å². The van der Waals surface area contributed by atoms with Crippen LogP contribution in [0.15, 0.2) is 15.7 Å². The Morgan fingerprint density at radius 1 is 1.45 bits per heavy atom. The van der Waals surface area contributed by atoms with E-state index < -0.39 is 10.0 Å². The van der Waals surface area contributed by atoms with Crippen LogP contribution < -0.4 is 5.32 Å². The molecular formula is C13H20N2O3S2. The van der Waals surface area contributed by atoms with Gasteiger partial charge in [0.05, 0.1) is 12.6 Å². The zero-order chi connectivity index (χ0) is 14.2. The minimum absolute atomic E-state index is 0.0323. The lowest BCUT2D eigenvalue weighted by Crippen LogP contribution is -2.36. The van der Waals surface area contributed by atoms with Gasteiger partial charge in [0.1, 0.15) is 4.21 Å². The Labute approximate surface area is 124 Å². The molecule has 1 aliphatic heterocycles. The zero-order valence-electron chi connectivity index (χ0n) is 11.5. The highest BCUT2D eigenvalue weighted by atomic mass is 32.2. The lowest BCUT2D eigenvalue weighted by Gasteiger charge is -2.21. The van der Waals surface area contributed by atoms with Crippen molar-refractivity contribution in [3.63, 3.8) is 0 Å². The molecule has 1 saturated heterocycles. The third-order valence-electron chi connectivity index (χ3n) is 3.86. The molecule has 2 heterocycles. The topological polar surface area (TPSA) is 58.6 Å². The summed E-state index contributed by atoms with van der Waals surface area (Å²) in [4.78, 5) is 0. The van der Waals surface area contributed by atoms with Gasteiger partial charge in [-0.3, -0.25) is 0 Å². The van der Waals surface area contributed by atoms with Crippen LogP contribution in [0.25, 0.3) is 0 Å². The van der Waals surface area contributed by atoms with E-state index in [1.54, 1.807) is 13.1 Å². The number of thiophene rings is 1. The van der Waals surface area contributed by atoms with Gasteiger partial charge in [0.15, 0.2) is 0 Å². The predicted molar refractivity (Wildman–Crippen MR) is 78.4 cm³/mol. The van der Waals surface area contributed by atoms with Crippen LogP contribution in [-0.2, 0) is 21.3 Å². The van der Waals surface area contributed by atoms with Crippen LogP contribution in [0, 0.1) is 0 Å². The van der Waals surface area contributed by atoms with E-state index in [-0.39, 0.29) is 6.04 Å². The van der Waals surface area contributed by atoms with E-state index in [1.807, 2.05) is 5.38 Å². The number of hydrogen-bond donors (Lipinski definition) is 1. The molecule has 112 valence electrons. The van der Waals surface area contributed by atoms with Crippen molar-refractivity contribution in [2.45, 2.75) is 42.1 Å². The second kappa shape index (κ2) is 5.73. The fourth-order valence-electron chi connectivity index (χ4n) is 2.28. The quantitative estimate of drug-likeness (QED) is 0.862. The summed E-state index contributed by atoms with van der Waals surface area (Å²) in [7, 11) is -1.73.